The fourth-order valence-corrected chi connectivity index (χ4v) is 4.60. The van der Waals surface area contributed by atoms with Gasteiger partial charge >= 0.3 is 12.1 Å². The fraction of sp³-hybridized carbons (Fsp3) is 0.364. The Labute approximate surface area is 201 Å². The predicted octanol–water partition coefficient (Wildman–Crippen LogP) is 5.86. The minimum atomic E-state index is -4.90. The molecule has 1 aliphatic rings. The molecule has 4 rings (SSSR count). The second-order valence-corrected chi connectivity index (χ2v) is 8.94. The summed E-state index contributed by atoms with van der Waals surface area (Å²) in [6, 6.07) is 2.24. The number of alkyl halides is 3. The number of carboxylic acids is 1. The maximum Gasteiger partial charge on any atom is 0.412 e. The van der Waals surface area contributed by atoms with Gasteiger partial charge in [0.15, 0.2) is 11.7 Å². The first-order valence-corrected chi connectivity index (χ1v) is 11.3. The third-order valence-corrected chi connectivity index (χ3v) is 6.22. The molecule has 180 valence electrons. The summed E-state index contributed by atoms with van der Waals surface area (Å²) >= 11 is 11.8. The van der Waals surface area contributed by atoms with E-state index in [2.05, 4.69) is 15.3 Å². The number of fused-ring (bicyclic) bond motifs is 1. The molecule has 1 aliphatic carbocycles. The van der Waals surface area contributed by atoms with Gasteiger partial charge in [-0.25, -0.2) is 14.8 Å². The van der Waals surface area contributed by atoms with Crippen molar-refractivity contribution in [2.75, 3.05) is 5.32 Å². The molecule has 3 aromatic heterocycles. The highest BCUT2D eigenvalue weighted by Crippen LogP contribution is 2.39. The first-order chi connectivity index (χ1) is 16.0. The maximum atomic E-state index is 14.3. The molecule has 1 saturated carbocycles. The van der Waals surface area contributed by atoms with Gasteiger partial charge in [0, 0.05) is 23.7 Å². The second kappa shape index (κ2) is 9.42. The number of carbonyl (C=O) groups is 1. The summed E-state index contributed by atoms with van der Waals surface area (Å²) < 4.78 is 43.9. The third kappa shape index (κ3) is 4.97. The van der Waals surface area contributed by atoms with Crippen LogP contribution in [-0.4, -0.2) is 31.6 Å². The van der Waals surface area contributed by atoms with Crippen LogP contribution in [0.15, 0.2) is 35.3 Å². The van der Waals surface area contributed by atoms with Crippen molar-refractivity contribution in [2.24, 2.45) is 0 Å². The van der Waals surface area contributed by atoms with E-state index in [9.17, 15) is 27.9 Å². The second-order valence-electron chi connectivity index (χ2n) is 8.12. The Bertz CT molecular complexity index is 1310. The molecule has 0 radical (unpaired) electrons. The van der Waals surface area contributed by atoms with Crippen molar-refractivity contribution in [2.45, 2.75) is 50.2 Å². The van der Waals surface area contributed by atoms with E-state index < -0.39 is 40.7 Å². The lowest BCUT2D eigenvalue weighted by molar-refractivity contribution is -0.143. The lowest BCUT2D eigenvalue weighted by atomic mass is 9.87. The van der Waals surface area contributed by atoms with E-state index in [1.165, 1.54) is 18.3 Å². The average molecular weight is 515 g/mol. The van der Waals surface area contributed by atoms with Gasteiger partial charge < -0.3 is 10.4 Å². The van der Waals surface area contributed by atoms with E-state index in [0.29, 0.717) is 5.69 Å². The van der Waals surface area contributed by atoms with E-state index >= 15 is 0 Å². The summed E-state index contributed by atoms with van der Waals surface area (Å²) in [5.41, 5.74) is -1.81. The van der Waals surface area contributed by atoms with Gasteiger partial charge in [-0.3, -0.25) is 9.20 Å². The molecule has 12 heteroatoms. The van der Waals surface area contributed by atoms with E-state index in [1.807, 2.05) is 0 Å². The van der Waals surface area contributed by atoms with Crippen LogP contribution in [0.25, 0.3) is 5.65 Å². The van der Waals surface area contributed by atoms with Crippen molar-refractivity contribution in [3.8, 4) is 0 Å². The molecule has 0 spiro atoms. The number of hydrogen-bond donors (Lipinski definition) is 2. The van der Waals surface area contributed by atoms with Gasteiger partial charge in [-0.1, -0.05) is 42.5 Å². The molecule has 0 unspecified atom stereocenters. The van der Waals surface area contributed by atoms with Crippen molar-refractivity contribution >= 4 is 40.5 Å². The number of rotatable bonds is 5. The zero-order valence-electron chi connectivity index (χ0n) is 17.6. The smallest absolute Gasteiger partial charge is 0.412 e. The molecule has 0 bridgehead atoms. The van der Waals surface area contributed by atoms with Gasteiger partial charge in [-0.15, -0.1) is 0 Å². The van der Waals surface area contributed by atoms with Crippen LogP contribution in [-0.2, 0) is 0 Å². The van der Waals surface area contributed by atoms with Crippen LogP contribution >= 0.6 is 23.2 Å². The summed E-state index contributed by atoms with van der Waals surface area (Å²) in [6.45, 7) is 0. The number of anilines is 1. The van der Waals surface area contributed by atoms with Crippen LogP contribution < -0.4 is 10.9 Å². The van der Waals surface area contributed by atoms with E-state index in [0.717, 1.165) is 48.6 Å². The van der Waals surface area contributed by atoms with Crippen molar-refractivity contribution in [1.82, 2.24) is 14.4 Å². The minimum Gasteiger partial charge on any atom is -0.476 e. The molecule has 7 nitrogen and oxygen atoms in total. The molecule has 34 heavy (non-hydrogen) atoms. The van der Waals surface area contributed by atoms with Crippen LogP contribution in [0.2, 0.25) is 10.2 Å². The largest absolute Gasteiger partial charge is 0.476 e. The summed E-state index contributed by atoms with van der Waals surface area (Å²) in [4.78, 5) is 32.4. The molecular formula is C22H19Cl2F3N4O3. The summed E-state index contributed by atoms with van der Waals surface area (Å²) in [7, 11) is 0. The SMILES string of the molecule is O=C(O)c1nc(Cl)ccc1N[C@@H](c1cc(Cl)cn2c(=O)cc(C3CCCCC3)nc12)C(F)(F)F. The van der Waals surface area contributed by atoms with Crippen LogP contribution in [0, 0.1) is 0 Å². The summed E-state index contributed by atoms with van der Waals surface area (Å²) in [6.07, 6.45) is 0.862. The highest BCUT2D eigenvalue weighted by atomic mass is 35.5. The first-order valence-electron chi connectivity index (χ1n) is 10.5. The Morgan fingerprint density at radius 3 is 2.50 bits per heavy atom. The van der Waals surface area contributed by atoms with E-state index in [-0.39, 0.29) is 21.7 Å². The Morgan fingerprint density at radius 1 is 1.15 bits per heavy atom. The summed E-state index contributed by atoms with van der Waals surface area (Å²) in [5, 5.41) is 11.3. The van der Waals surface area contributed by atoms with Crippen molar-refractivity contribution in [3.63, 3.8) is 0 Å². The van der Waals surface area contributed by atoms with E-state index in [4.69, 9.17) is 23.2 Å². The average Bonchev–Trinajstić information content (AvgIpc) is 2.78. The zero-order chi connectivity index (χ0) is 24.6. The monoisotopic (exact) mass is 514 g/mol. The standard InChI is InChI=1S/C22H19Cl2F3N4O3/c23-12-8-13(19(22(25,26)27)28-14-6-7-16(24)30-18(14)21(33)34)20-29-15(9-17(32)31(20)10-12)11-4-2-1-3-5-11/h6-11,19,28H,1-5H2,(H,33,34)/t19-/m0/s1. The number of aromatic carboxylic acids is 1. The lowest BCUT2D eigenvalue weighted by Crippen LogP contribution is -2.30. The molecular weight excluding hydrogens is 496 g/mol. The fourth-order valence-electron chi connectivity index (χ4n) is 4.24. The highest BCUT2D eigenvalue weighted by molar-refractivity contribution is 6.30. The van der Waals surface area contributed by atoms with Gasteiger partial charge in [-0.2, -0.15) is 13.2 Å². The molecule has 0 aromatic carbocycles. The maximum absolute atomic E-state index is 14.3. The van der Waals surface area contributed by atoms with Gasteiger partial charge in [0.1, 0.15) is 10.8 Å². The van der Waals surface area contributed by atoms with Gasteiger partial charge in [0.05, 0.1) is 16.4 Å². The normalized spacial score (nSPS) is 15.9. The molecule has 0 aliphatic heterocycles. The highest BCUT2D eigenvalue weighted by Gasteiger charge is 2.43. The Balaban J connectivity index is 1.90. The van der Waals surface area contributed by atoms with Crippen LogP contribution in [0.3, 0.4) is 0 Å². The predicted molar refractivity (Wildman–Crippen MR) is 121 cm³/mol. The van der Waals surface area contributed by atoms with Crippen molar-refractivity contribution in [3.05, 3.63) is 67.9 Å². The first kappa shape index (κ1) is 24.3. The van der Waals surface area contributed by atoms with Crippen LogP contribution in [0.1, 0.15) is 65.8 Å². The zero-order valence-corrected chi connectivity index (χ0v) is 19.1. The minimum absolute atomic E-state index is 0.0219. The number of pyridine rings is 2. The number of aromatic nitrogens is 3. The third-order valence-electron chi connectivity index (χ3n) is 5.80. The topological polar surface area (TPSA) is 96.6 Å². The molecule has 1 atom stereocenters. The van der Waals surface area contributed by atoms with Gasteiger partial charge in [0.2, 0.25) is 0 Å². The molecule has 3 heterocycles. The number of hydrogen-bond acceptors (Lipinski definition) is 5. The Hall–Kier alpha value is -2.85. The number of nitrogens with one attached hydrogen (secondary N) is 1. The van der Waals surface area contributed by atoms with Crippen molar-refractivity contribution in [1.29, 1.82) is 0 Å². The number of carboxylic acid groups (broad SMARTS) is 1. The van der Waals surface area contributed by atoms with Crippen LogP contribution in [0.5, 0.6) is 0 Å². The number of halogens is 5. The van der Waals surface area contributed by atoms with E-state index in [1.54, 1.807) is 0 Å². The molecule has 0 saturated heterocycles. The van der Waals surface area contributed by atoms with Crippen LogP contribution in [0.4, 0.5) is 18.9 Å². The quantitative estimate of drug-likeness (QED) is 0.414. The number of nitrogens with zero attached hydrogens (tertiary/aromatic N) is 3. The molecule has 2 N–H and O–H groups in total. The lowest BCUT2D eigenvalue weighted by Gasteiger charge is -2.26. The molecule has 1 fully saturated rings. The van der Waals surface area contributed by atoms with Gasteiger partial charge in [0.25, 0.3) is 5.56 Å². The molecule has 3 aromatic rings. The molecule has 0 amide bonds. The summed E-state index contributed by atoms with van der Waals surface area (Å²) in [5.74, 6) is -1.58. The Morgan fingerprint density at radius 2 is 1.85 bits per heavy atom. The van der Waals surface area contributed by atoms with Crippen molar-refractivity contribution < 1.29 is 23.1 Å². The van der Waals surface area contributed by atoms with Gasteiger partial charge in [-0.05, 0) is 31.0 Å². The Kier molecular flexibility index (Phi) is 6.73.